The summed E-state index contributed by atoms with van der Waals surface area (Å²) in [6.07, 6.45) is 0. The normalized spacial score (nSPS) is 10.3. The minimum absolute atomic E-state index is 0.107. The smallest absolute Gasteiger partial charge is 0.276 e. The number of para-hydroxylation sites is 1. The third-order valence-electron chi connectivity index (χ3n) is 2.88. The van der Waals surface area contributed by atoms with Gasteiger partial charge in [0.25, 0.3) is 5.69 Å². The molecular formula is C14H12FNO4. The van der Waals surface area contributed by atoms with Gasteiger partial charge in [0.05, 0.1) is 17.1 Å². The van der Waals surface area contributed by atoms with E-state index in [2.05, 4.69) is 0 Å². The van der Waals surface area contributed by atoms with Crippen molar-refractivity contribution in [1.29, 1.82) is 0 Å². The molecule has 2 aromatic rings. The van der Waals surface area contributed by atoms with Gasteiger partial charge in [-0.2, -0.15) is 0 Å². The highest BCUT2D eigenvalue weighted by molar-refractivity contribution is 5.50. The van der Waals surface area contributed by atoms with Crippen LogP contribution in [0.3, 0.4) is 0 Å². The van der Waals surface area contributed by atoms with Crippen LogP contribution in [0.2, 0.25) is 0 Å². The van der Waals surface area contributed by atoms with E-state index in [9.17, 15) is 19.6 Å². The van der Waals surface area contributed by atoms with Gasteiger partial charge in [-0.3, -0.25) is 10.1 Å². The Bertz CT molecular complexity index is 658. The summed E-state index contributed by atoms with van der Waals surface area (Å²) < 4.78 is 19.2. The zero-order valence-corrected chi connectivity index (χ0v) is 10.7. The van der Waals surface area contributed by atoms with Crippen molar-refractivity contribution in [2.45, 2.75) is 13.5 Å². The maximum absolute atomic E-state index is 13.7. The third kappa shape index (κ3) is 2.60. The molecule has 0 aromatic heterocycles. The van der Waals surface area contributed by atoms with Crippen LogP contribution in [0.4, 0.5) is 10.1 Å². The second-order valence-electron chi connectivity index (χ2n) is 4.15. The lowest BCUT2D eigenvalue weighted by atomic mass is 10.1. The fourth-order valence-electron chi connectivity index (χ4n) is 1.81. The number of halogens is 1. The molecule has 104 valence electrons. The molecular weight excluding hydrogens is 265 g/mol. The van der Waals surface area contributed by atoms with Gasteiger partial charge in [-0.1, -0.05) is 18.2 Å². The highest BCUT2D eigenvalue weighted by Gasteiger charge is 2.17. The van der Waals surface area contributed by atoms with Crippen molar-refractivity contribution in [2.75, 3.05) is 0 Å². The number of benzene rings is 2. The van der Waals surface area contributed by atoms with E-state index in [1.165, 1.54) is 43.3 Å². The molecule has 0 saturated heterocycles. The van der Waals surface area contributed by atoms with E-state index in [1.54, 1.807) is 0 Å². The van der Waals surface area contributed by atoms with Crippen LogP contribution in [0.15, 0.2) is 36.4 Å². The van der Waals surface area contributed by atoms with Crippen LogP contribution >= 0.6 is 0 Å². The van der Waals surface area contributed by atoms with Gasteiger partial charge in [-0.05, 0) is 19.1 Å². The lowest BCUT2D eigenvalue weighted by Gasteiger charge is -2.12. The highest BCUT2D eigenvalue weighted by atomic mass is 19.1. The van der Waals surface area contributed by atoms with Gasteiger partial charge in [0.1, 0.15) is 5.75 Å². The van der Waals surface area contributed by atoms with E-state index in [0.717, 1.165) is 0 Å². The molecule has 6 heteroatoms. The predicted molar refractivity (Wildman–Crippen MR) is 70.2 cm³/mol. The number of nitrogens with zero attached hydrogens (tertiary/aromatic N) is 1. The Labute approximate surface area is 114 Å². The molecule has 0 spiro atoms. The van der Waals surface area contributed by atoms with Gasteiger partial charge in [-0.15, -0.1) is 0 Å². The quantitative estimate of drug-likeness (QED) is 0.687. The molecule has 1 N–H and O–H groups in total. The zero-order valence-electron chi connectivity index (χ0n) is 10.7. The molecule has 20 heavy (non-hydrogen) atoms. The molecule has 5 nitrogen and oxygen atoms in total. The van der Waals surface area contributed by atoms with Crippen molar-refractivity contribution in [3.8, 4) is 11.5 Å². The van der Waals surface area contributed by atoms with E-state index in [1.807, 2.05) is 0 Å². The van der Waals surface area contributed by atoms with Crippen LogP contribution in [-0.4, -0.2) is 10.0 Å². The number of hydrogen-bond acceptors (Lipinski definition) is 4. The SMILES string of the molecule is Cc1c(Oc2c(F)cccc2CO)cccc1[N+](=O)[O-]. The molecule has 2 aromatic carbocycles. The molecule has 0 unspecified atom stereocenters. The third-order valence-corrected chi connectivity index (χ3v) is 2.88. The molecule has 0 heterocycles. The molecule has 2 rings (SSSR count). The largest absolute Gasteiger partial charge is 0.453 e. The number of ether oxygens (including phenoxy) is 1. The van der Waals surface area contributed by atoms with Crippen molar-refractivity contribution >= 4 is 5.69 Å². The number of nitro groups is 1. The van der Waals surface area contributed by atoms with E-state index in [0.29, 0.717) is 5.56 Å². The predicted octanol–water partition coefficient (Wildman–Crippen LogP) is 3.33. The molecule has 0 aliphatic rings. The van der Waals surface area contributed by atoms with Crippen LogP contribution in [0.25, 0.3) is 0 Å². The van der Waals surface area contributed by atoms with Crippen LogP contribution in [-0.2, 0) is 6.61 Å². The van der Waals surface area contributed by atoms with Crippen molar-refractivity contribution in [2.24, 2.45) is 0 Å². The first-order valence-corrected chi connectivity index (χ1v) is 5.84. The van der Waals surface area contributed by atoms with Crippen LogP contribution < -0.4 is 4.74 Å². The van der Waals surface area contributed by atoms with Crippen LogP contribution in [0.5, 0.6) is 11.5 Å². The summed E-state index contributed by atoms with van der Waals surface area (Å²) in [7, 11) is 0. The van der Waals surface area contributed by atoms with Crippen molar-refractivity contribution in [1.82, 2.24) is 0 Å². The Morgan fingerprint density at radius 2 is 2.00 bits per heavy atom. The molecule has 0 atom stereocenters. The molecule has 0 saturated carbocycles. The molecule has 0 fully saturated rings. The Balaban J connectivity index is 2.46. The maximum atomic E-state index is 13.7. The second kappa shape index (κ2) is 5.66. The van der Waals surface area contributed by atoms with E-state index < -0.39 is 10.7 Å². The number of hydrogen-bond donors (Lipinski definition) is 1. The van der Waals surface area contributed by atoms with Gasteiger partial charge in [0.15, 0.2) is 11.6 Å². The molecule has 0 bridgehead atoms. The van der Waals surface area contributed by atoms with Crippen molar-refractivity contribution in [3.05, 3.63) is 63.5 Å². The fraction of sp³-hybridized carbons (Fsp3) is 0.143. The van der Waals surface area contributed by atoms with Crippen LogP contribution in [0.1, 0.15) is 11.1 Å². The number of nitro benzene ring substituents is 1. The minimum Gasteiger partial charge on any atom is -0.453 e. The van der Waals surface area contributed by atoms with E-state index >= 15 is 0 Å². The van der Waals surface area contributed by atoms with Crippen molar-refractivity contribution < 1.29 is 19.2 Å². The molecule has 0 radical (unpaired) electrons. The summed E-state index contributed by atoms with van der Waals surface area (Å²) >= 11 is 0. The topological polar surface area (TPSA) is 72.6 Å². The first-order valence-electron chi connectivity index (χ1n) is 5.84. The standard InChI is InChI=1S/C14H12FNO4/c1-9-12(16(18)19)6-3-7-13(9)20-14-10(8-17)4-2-5-11(14)15/h2-7,17H,8H2,1H3. The van der Waals surface area contributed by atoms with Gasteiger partial charge in [0, 0.05) is 11.6 Å². The Hall–Kier alpha value is -2.47. The zero-order chi connectivity index (χ0) is 14.7. The average molecular weight is 277 g/mol. The van der Waals surface area contributed by atoms with Crippen LogP contribution in [0, 0.1) is 22.9 Å². The average Bonchev–Trinajstić information content (AvgIpc) is 2.42. The van der Waals surface area contributed by atoms with E-state index in [-0.39, 0.29) is 29.4 Å². The first kappa shape index (κ1) is 14.0. The van der Waals surface area contributed by atoms with Crippen molar-refractivity contribution in [3.63, 3.8) is 0 Å². The summed E-state index contributed by atoms with van der Waals surface area (Å²) in [5, 5.41) is 20.0. The van der Waals surface area contributed by atoms with Gasteiger partial charge >= 0.3 is 0 Å². The minimum atomic E-state index is -0.637. The summed E-state index contributed by atoms with van der Waals surface area (Å²) in [6.45, 7) is 1.13. The molecule has 0 amide bonds. The lowest BCUT2D eigenvalue weighted by molar-refractivity contribution is -0.385. The number of aliphatic hydroxyl groups is 1. The summed E-state index contributed by atoms with van der Waals surface area (Å²) in [4.78, 5) is 10.3. The number of aliphatic hydroxyl groups excluding tert-OH is 1. The summed E-state index contributed by atoms with van der Waals surface area (Å²) in [5.41, 5.74) is 0.463. The fourth-order valence-corrected chi connectivity index (χ4v) is 1.81. The highest BCUT2D eigenvalue weighted by Crippen LogP contribution is 2.33. The summed E-state index contributed by atoms with van der Waals surface area (Å²) in [5.74, 6) is -0.583. The first-order chi connectivity index (χ1) is 9.54. The van der Waals surface area contributed by atoms with Gasteiger partial charge in [0.2, 0.25) is 0 Å². The summed E-state index contributed by atoms with van der Waals surface area (Å²) in [6, 6.07) is 8.48. The maximum Gasteiger partial charge on any atom is 0.276 e. The monoisotopic (exact) mass is 277 g/mol. The van der Waals surface area contributed by atoms with Gasteiger partial charge in [-0.25, -0.2) is 4.39 Å². The number of rotatable bonds is 4. The Kier molecular flexibility index (Phi) is 3.95. The Morgan fingerprint density at radius 1 is 1.30 bits per heavy atom. The lowest BCUT2D eigenvalue weighted by Crippen LogP contribution is -1.98. The molecule has 0 aliphatic carbocycles. The van der Waals surface area contributed by atoms with E-state index in [4.69, 9.17) is 4.74 Å². The second-order valence-corrected chi connectivity index (χ2v) is 4.15. The molecule has 0 aliphatic heterocycles. The van der Waals surface area contributed by atoms with Gasteiger partial charge < -0.3 is 9.84 Å². The Morgan fingerprint density at radius 3 is 2.65 bits per heavy atom.